The molecule has 1 aliphatic heterocycles. The minimum Gasteiger partial charge on any atom is -0.299 e. The van der Waals surface area contributed by atoms with E-state index < -0.39 is 10.0 Å². The first kappa shape index (κ1) is 18.3. The molecule has 1 aromatic carbocycles. The molecule has 3 aromatic rings. The highest BCUT2D eigenvalue weighted by molar-refractivity contribution is 7.89. The van der Waals surface area contributed by atoms with E-state index in [-0.39, 0.29) is 17.3 Å². The fraction of sp³-hybridized carbons (Fsp3) is 0.357. The average molecular weight is 426 g/mol. The topological polar surface area (TPSA) is 121 Å². The van der Waals surface area contributed by atoms with E-state index in [1.165, 1.54) is 21.2 Å². The van der Waals surface area contributed by atoms with Gasteiger partial charge in [-0.05, 0) is 12.1 Å². The standard InChI is InChI=1S/C14H15N7O3S3/c22-12(16-14-17-15-9-25-14)8-20-4-6-21(7-5-20)27(23,24)11-3-1-2-10-13(11)19-26-18-10/h1-3,9H,4-8H2,(H,16,17,22). The van der Waals surface area contributed by atoms with Crippen LogP contribution in [0.25, 0.3) is 11.0 Å². The van der Waals surface area contributed by atoms with Gasteiger partial charge in [0.15, 0.2) is 0 Å². The molecule has 0 saturated carbocycles. The van der Waals surface area contributed by atoms with Gasteiger partial charge in [-0.15, -0.1) is 10.2 Å². The number of hydrogen-bond acceptors (Lipinski definition) is 10. The average Bonchev–Trinajstić information content (AvgIpc) is 3.33. The van der Waals surface area contributed by atoms with E-state index in [4.69, 9.17) is 0 Å². The smallest absolute Gasteiger partial charge is 0.245 e. The summed E-state index contributed by atoms with van der Waals surface area (Å²) in [6.45, 7) is 1.73. The van der Waals surface area contributed by atoms with Crippen LogP contribution in [-0.4, -0.2) is 75.2 Å². The molecule has 2 aromatic heterocycles. The van der Waals surface area contributed by atoms with Gasteiger partial charge in [-0.25, -0.2) is 8.42 Å². The Kier molecular flexibility index (Phi) is 5.10. The maximum atomic E-state index is 13.0. The molecule has 4 rings (SSSR count). The van der Waals surface area contributed by atoms with E-state index in [1.807, 2.05) is 4.90 Å². The lowest BCUT2D eigenvalue weighted by atomic mass is 10.3. The Morgan fingerprint density at radius 1 is 1.19 bits per heavy atom. The maximum Gasteiger partial charge on any atom is 0.245 e. The molecule has 0 atom stereocenters. The molecular weight excluding hydrogens is 410 g/mol. The lowest BCUT2D eigenvalue weighted by Gasteiger charge is -2.33. The van der Waals surface area contributed by atoms with Crippen molar-refractivity contribution < 1.29 is 13.2 Å². The molecule has 3 heterocycles. The zero-order valence-corrected chi connectivity index (χ0v) is 16.4. The van der Waals surface area contributed by atoms with Crippen molar-refractivity contribution in [2.24, 2.45) is 0 Å². The van der Waals surface area contributed by atoms with Crippen LogP contribution in [0.4, 0.5) is 5.13 Å². The summed E-state index contributed by atoms with van der Waals surface area (Å²) >= 11 is 2.24. The molecule has 0 unspecified atom stereocenters. The summed E-state index contributed by atoms with van der Waals surface area (Å²) in [6.07, 6.45) is 0. The van der Waals surface area contributed by atoms with Gasteiger partial charge in [-0.3, -0.25) is 15.0 Å². The molecule has 1 amide bonds. The van der Waals surface area contributed by atoms with E-state index in [9.17, 15) is 13.2 Å². The number of benzene rings is 1. The molecule has 1 saturated heterocycles. The van der Waals surface area contributed by atoms with E-state index >= 15 is 0 Å². The van der Waals surface area contributed by atoms with Crippen LogP contribution in [0.3, 0.4) is 0 Å². The summed E-state index contributed by atoms with van der Waals surface area (Å²) in [6, 6.07) is 4.97. The van der Waals surface area contributed by atoms with Crippen molar-refractivity contribution in [1.29, 1.82) is 0 Å². The molecule has 1 aliphatic rings. The number of nitrogens with zero attached hydrogens (tertiary/aromatic N) is 6. The van der Waals surface area contributed by atoms with Gasteiger partial charge in [0.2, 0.25) is 21.1 Å². The summed E-state index contributed by atoms with van der Waals surface area (Å²) in [5.41, 5.74) is 2.52. The minimum atomic E-state index is -3.66. The number of fused-ring (bicyclic) bond motifs is 1. The fourth-order valence-electron chi connectivity index (χ4n) is 2.85. The number of amides is 1. The quantitative estimate of drug-likeness (QED) is 0.627. The number of anilines is 1. The van der Waals surface area contributed by atoms with Gasteiger partial charge in [0, 0.05) is 26.2 Å². The Morgan fingerprint density at radius 3 is 2.74 bits per heavy atom. The van der Waals surface area contributed by atoms with Gasteiger partial charge < -0.3 is 0 Å². The Balaban J connectivity index is 1.40. The first-order chi connectivity index (χ1) is 13.0. The van der Waals surface area contributed by atoms with Crippen molar-refractivity contribution in [3.63, 3.8) is 0 Å². The number of carbonyl (C=O) groups is 1. The number of nitrogens with one attached hydrogen (secondary N) is 1. The molecule has 10 nitrogen and oxygen atoms in total. The molecule has 1 fully saturated rings. The third-order valence-corrected chi connectivity index (χ3v) is 7.25. The monoisotopic (exact) mass is 425 g/mol. The summed E-state index contributed by atoms with van der Waals surface area (Å²) < 4.78 is 35.6. The normalized spacial score (nSPS) is 16.6. The van der Waals surface area contributed by atoms with Crippen molar-refractivity contribution in [3.05, 3.63) is 23.7 Å². The van der Waals surface area contributed by atoms with Crippen LogP contribution in [0.5, 0.6) is 0 Å². The van der Waals surface area contributed by atoms with Crippen molar-refractivity contribution in [2.45, 2.75) is 4.90 Å². The zero-order valence-electron chi connectivity index (χ0n) is 14.0. The van der Waals surface area contributed by atoms with Crippen LogP contribution >= 0.6 is 23.1 Å². The Morgan fingerprint density at radius 2 is 2.00 bits per heavy atom. The van der Waals surface area contributed by atoms with Gasteiger partial charge >= 0.3 is 0 Å². The molecule has 1 N–H and O–H groups in total. The summed E-state index contributed by atoms with van der Waals surface area (Å²) in [7, 11) is -3.66. The largest absolute Gasteiger partial charge is 0.299 e. The lowest BCUT2D eigenvalue weighted by Crippen LogP contribution is -2.50. The number of carbonyl (C=O) groups excluding carboxylic acids is 1. The predicted molar refractivity (Wildman–Crippen MR) is 101 cm³/mol. The highest BCUT2D eigenvalue weighted by atomic mass is 32.2. The first-order valence-corrected chi connectivity index (χ1v) is 11.1. The van der Waals surface area contributed by atoms with Gasteiger partial charge in [0.25, 0.3) is 0 Å². The van der Waals surface area contributed by atoms with Gasteiger partial charge in [-0.1, -0.05) is 17.4 Å². The van der Waals surface area contributed by atoms with Crippen molar-refractivity contribution in [2.75, 3.05) is 38.0 Å². The Hall–Kier alpha value is -2.06. The zero-order chi connectivity index (χ0) is 18.9. The number of hydrogen-bond donors (Lipinski definition) is 1. The fourth-order valence-corrected chi connectivity index (χ4v) is 5.48. The third kappa shape index (κ3) is 3.82. The van der Waals surface area contributed by atoms with E-state index in [0.29, 0.717) is 42.3 Å². The van der Waals surface area contributed by atoms with Crippen molar-refractivity contribution in [3.8, 4) is 0 Å². The highest BCUT2D eigenvalue weighted by Crippen LogP contribution is 2.25. The van der Waals surface area contributed by atoms with Gasteiger partial charge in [0.05, 0.1) is 18.3 Å². The number of aromatic nitrogens is 4. The van der Waals surface area contributed by atoms with Crippen LogP contribution in [0.15, 0.2) is 28.6 Å². The van der Waals surface area contributed by atoms with Crippen LogP contribution < -0.4 is 5.32 Å². The molecule has 142 valence electrons. The Bertz CT molecular complexity index is 1040. The van der Waals surface area contributed by atoms with E-state index in [2.05, 4.69) is 24.3 Å². The van der Waals surface area contributed by atoms with Gasteiger partial charge in [0.1, 0.15) is 21.4 Å². The van der Waals surface area contributed by atoms with Gasteiger partial charge in [-0.2, -0.15) is 13.1 Å². The lowest BCUT2D eigenvalue weighted by molar-refractivity contribution is -0.117. The third-order valence-electron chi connectivity index (χ3n) is 4.17. The van der Waals surface area contributed by atoms with Crippen molar-refractivity contribution in [1.82, 2.24) is 28.1 Å². The summed E-state index contributed by atoms with van der Waals surface area (Å²) in [5, 5.41) is 10.6. The van der Waals surface area contributed by atoms with Crippen molar-refractivity contribution >= 4 is 55.2 Å². The second kappa shape index (κ2) is 7.52. The van der Waals surface area contributed by atoms with Crippen LogP contribution in [0.2, 0.25) is 0 Å². The molecule has 27 heavy (non-hydrogen) atoms. The molecule has 0 bridgehead atoms. The second-order valence-corrected chi connectivity index (χ2v) is 9.13. The SMILES string of the molecule is O=C(CN1CCN(S(=O)(=O)c2cccc3nsnc23)CC1)Nc1nncs1. The number of sulfonamides is 1. The maximum absolute atomic E-state index is 13.0. The molecule has 0 spiro atoms. The van der Waals surface area contributed by atoms with Crippen LogP contribution in [-0.2, 0) is 14.8 Å². The Labute approximate surface area is 163 Å². The van der Waals surface area contributed by atoms with Crippen LogP contribution in [0, 0.1) is 0 Å². The molecular formula is C14H15N7O3S3. The number of piperazine rings is 1. The predicted octanol–water partition coefficient (Wildman–Crippen LogP) is 0.488. The number of rotatable bonds is 5. The molecule has 13 heteroatoms. The molecule has 0 aliphatic carbocycles. The summed E-state index contributed by atoms with van der Waals surface area (Å²) in [5.74, 6) is -0.193. The van der Waals surface area contributed by atoms with E-state index in [0.717, 1.165) is 11.7 Å². The minimum absolute atomic E-state index is 0.177. The highest BCUT2D eigenvalue weighted by Gasteiger charge is 2.31. The second-order valence-electron chi connectivity index (χ2n) is 5.86. The van der Waals surface area contributed by atoms with Crippen LogP contribution in [0.1, 0.15) is 0 Å². The first-order valence-electron chi connectivity index (χ1n) is 8.04. The van der Waals surface area contributed by atoms with E-state index in [1.54, 1.807) is 18.2 Å². The molecule has 0 radical (unpaired) electrons. The summed E-state index contributed by atoms with van der Waals surface area (Å²) in [4.78, 5) is 14.1.